The normalized spacial score (nSPS) is 12.0. The summed E-state index contributed by atoms with van der Waals surface area (Å²) in [5, 5.41) is 2.58. The number of aromatic nitrogens is 1. The second-order valence-corrected chi connectivity index (χ2v) is 2.57. The molecule has 2 aromatic heterocycles. The topological polar surface area (TPSA) is 12.9 Å². The Bertz CT molecular complexity index is 418. The van der Waals surface area contributed by atoms with Gasteiger partial charge in [-0.2, -0.15) is 0 Å². The molecule has 46 valence electrons. The molecule has 4 rings (SSSR count). The Kier molecular flexibility index (Phi) is 0.539. The monoisotopic (exact) mass is 127 g/mol. The van der Waals surface area contributed by atoms with E-state index in [0.29, 0.717) is 0 Å². The van der Waals surface area contributed by atoms with Gasteiger partial charge in [0.15, 0.2) is 0 Å². The molecule has 4 bridgehead atoms. The molecular weight excluding hydrogens is 122 g/mol. The summed E-state index contributed by atoms with van der Waals surface area (Å²) in [5.41, 5.74) is 2.32. The van der Waals surface area contributed by atoms with E-state index in [1.807, 2.05) is 0 Å². The van der Waals surface area contributed by atoms with Crippen LogP contribution in [0.1, 0.15) is 0 Å². The van der Waals surface area contributed by atoms with Crippen LogP contribution in [-0.4, -0.2) is 4.98 Å². The van der Waals surface area contributed by atoms with E-state index in [4.69, 9.17) is 0 Å². The zero-order chi connectivity index (χ0) is 6.55. The molecule has 0 amide bonds. The molecule has 0 aliphatic heterocycles. The van der Waals surface area contributed by atoms with Gasteiger partial charge in [0.25, 0.3) is 0 Å². The van der Waals surface area contributed by atoms with Crippen molar-refractivity contribution in [3.8, 4) is 0 Å². The molecule has 0 N–H and O–H groups in total. The lowest BCUT2D eigenvalue weighted by Gasteiger charge is -2.07. The standard InChI is InChI=1S/C9H5N/c1-2-6-4-5-8-7(3-1)9(6)10-8/h1-5H. The summed E-state index contributed by atoms with van der Waals surface area (Å²) >= 11 is 0. The van der Waals surface area contributed by atoms with Crippen molar-refractivity contribution in [3.63, 3.8) is 0 Å². The van der Waals surface area contributed by atoms with Gasteiger partial charge in [-0.05, 0) is 6.07 Å². The van der Waals surface area contributed by atoms with Gasteiger partial charge in [-0.1, -0.05) is 24.3 Å². The fraction of sp³-hybridized carbons (Fsp3) is 0. The van der Waals surface area contributed by atoms with E-state index in [2.05, 4.69) is 35.3 Å². The lowest BCUT2D eigenvalue weighted by atomic mass is 10.1. The lowest BCUT2D eigenvalue weighted by molar-refractivity contribution is 1.47. The van der Waals surface area contributed by atoms with Gasteiger partial charge in [0.05, 0.1) is 11.0 Å². The lowest BCUT2D eigenvalue weighted by Crippen LogP contribution is -1.89. The third-order valence-corrected chi connectivity index (χ3v) is 2.00. The molecule has 0 saturated heterocycles. The molecule has 0 spiro atoms. The van der Waals surface area contributed by atoms with Crippen molar-refractivity contribution in [2.45, 2.75) is 0 Å². The van der Waals surface area contributed by atoms with Crippen LogP contribution in [0.15, 0.2) is 30.3 Å². The molecule has 0 fully saturated rings. The number of benzene rings is 2. The molecule has 4 aromatic rings. The van der Waals surface area contributed by atoms with E-state index in [1.54, 1.807) is 0 Å². The van der Waals surface area contributed by atoms with Crippen LogP contribution in [0.2, 0.25) is 0 Å². The maximum Gasteiger partial charge on any atom is 0.0803 e. The van der Waals surface area contributed by atoms with Crippen LogP contribution in [0.25, 0.3) is 21.8 Å². The van der Waals surface area contributed by atoms with Crippen molar-refractivity contribution in [1.82, 2.24) is 4.98 Å². The molecule has 2 heterocycles. The molecular formula is C9H5N. The summed E-state index contributed by atoms with van der Waals surface area (Å²) in [5.74, 6) is 0. The highest BCUT2D eigenvalue weighted by molar-refractivity contribution is 6.10. The van der Waals surface area contributed by atoms with Gasteiger partial charge in [-0.15, -0.1) is 0 Å². The molecule has 10 heavy (non-hydrogen) atoms. The Labute approximate surface area is 58.0 Å². The Morgan fingerprint density at radius 1 is 1.00 bits per heavy atom. The molecule has 0 saturated carbocycles. The van der Waals surface area contributed by atoms with Gasteiger partial charge in [0.1, 0.15) is 0 Å². The van der Waals surface area contributed by atoms with Crippen LogP contribution in [0, 0.1) is 0 Å². The number of rotatable bonds is 0. The van der Waals surface area contributed by atoms with Gasteiger partial charge < -0.3 is 0 Å². The second-order valence-electron chi connectivity index (χ2n) is 2.57. The van der Waals surface area contributed by atoms with E-state index in [0.717, 1.165) is 5.52 Å². The minimum absolute atomic E-state index is 1.14. The van der Waals surface area contributed by atoms with Crippen LogP contribution in [0.5, 0.6) is 0 Å². The zero-order valence-corrected chi connectivity index (χ0v) is 5.33. The largest absolute Gasteiger partial charge is 0.247 e. The Morgan fingerprint density at radius 3 is 2.70 bits per heavy atom. The van der Waals surface area contributed by atoms with Crippen molar-refractivity contribution in [3.05, 3.63) is 30.3 Å². The molecule has 1 nitrogen and oxygen atoms in total. The highest BCUT2D eigenvalue weighted by atomic mass is 14.7. The van der Waals surface area contributed by atoms with Gasteiger partial charge >= 0.3 is 0 Å². The van der Waals surface area contributed by atoms with Crippen LogP contribution >= 0.6 is 0 Å². The number of hydrogen-bond acceptors (Lipinski definition) is 1. The molecule has 0 aliphatic carbocycles. The molecule has 0 radical (unpaired) electrons. The first-order chi connectivity index (χ1) is 4.95. The van der Waals surface area contributed by atoms with E-state index in [1.165, 1.54) is 16.3 Å². The summed E-state index contributed by atoms with van der Waals surface area (Å²) in [6.07, 6.45) is 0. The van der Waals surface area contributed by atoms with Crippen molar-refractivity contribution in [1.29, 1.82) is 0 Å². The molecule has 1 heteroatoms. The van der Waals surface area contributed by atoms with E-state index >= 15 is 0 Å². The summed E-state index contributed by atoms with van der Waals surface area (Å²) < 4.78 is 0. The van der Waals surface area contributed by atoms with E-state index < -0.39 is 0 Å². The quantitative estimate of drug-likeness (QED) is 0.451. The Hall–Kier alpha value is -1.37. The van der Waals surface area contributed by atoms with E-state index in [9.17, 15) is 0 Å². The fourth-order valence-electron chi connectivity index (χ4n) is 1.45. The molecule has 0 unspecified atom stereocenters. The van der Waals surface area contributed by atoms with Crippen molar-refractivity contribution in [2.24, 2.45) is 0 Å². The van der Waals surface area contributed by atoms with Gasteiger partial charge in [-0.3, -0.25) is 0 Å². The Morgan fingerprint density at radius 2 is 2.00 bits per heavy atom. The molecule has 0 atom stereocenters. The number of para-hydroxylation sites is 1. The van der Waals surface area contributed by atoms with Crippen LogP contribution < -0.4 is 0 Å². The zero-order valence-electron chi connectivity index (χ0n) is 5.33. The summed E-state index contributed by atoms with van der Waals surface area (Å²) in [7, 11) is 0. The van der Waals surface area contributed by atoms with Crippen LogP contribution in [0.4, 0.5) is 0 Å². The molecule has 0 aliphatic rings. The first-order valence-corrected chi connectivity index (χ1v) is 3.35. The predicted octanol–water partition coefficient (Wildman–Crippen LogP) is 2.26. The maximum atomic E-state index is 4.30. The smallest absolute Gasteiger partial charge is 0.0803 e. The summed E-state index contributed by atoms with van der Waals surface area (Å²) in [4.78, 5) is 4.30. The fourth-order valence-corrected chi connectivity index (χ4v) is 1.45. The number of nitrogens with zero attached hydrogens (tertiary/aromatic N) is 1. The number of pyridine rings is 1. The number of fused-ring (bicyclic) bond motifs is 1. The predicted molar refractivity (Wildman–Crippen MR) is 41.6 cm³/mol. The van der Waals surface area contributed by atoms with Crippen LogP contribution in [0.3, 0.4) is 0 Å². The number of hydrogen-bond donors (Lipinski definition) is 0. The first-order valence-electron chi connectivity index (χ1n) is 3.35. The molecule has 2 aromatic carbocycles. The summed E-state index contributed by atoms with van der Waals surface area (Å²) in [6.45, 7) is 0. The minimum atomic E-state index is 1.14. The minimum Gasteiger partial charge on any atom is -0.247 e. The average Bonchev–Trinajstić information content (AvgIpc) is 1.96. The van der Waals surface area contributed by atoms with Gasteiger partial charge in [0.2, 0.25) is 0 Å². The SMILES string of the molecule is c1cc2ccc3c(c1)c2N=3. The average molecular weight is 127 g/mol. The Balaban J connectivity index is 2.81. The highest BCUT2D eigenvalue weighted by Gasteiger charge is 2.07. The van der Waals surface area contributed by atoms with E-state index in [-0.39, 0.29) is 0 Å². The van der Waals surface area contributed by atoms with Crippen molar-refractivity contribution in [2.75, 3.05) is 0 Å². The highest BCUT2D eigenvalue weighted by Crippen LogP contribution is 2.28. The van der Waals surface area contributed by atoms with Gasteiger partial charge in [-0.25, -0.2) is 4.98 Å². The third kappa shape index (κ3) is 0.320. The van der Waals surface area contributed by atoms with Crippen molar-refractivity contribution >= 4 is 21.8 Å². The van der Waals surface area contributed by atoms with Crippen molar-refractivity contribution < 1.29 is 0 Å². The first kappa shape index (κ1) is 4.45. The second kappa shape index (κ2) is 1.21. The van der Waals surface area contributed by atoms with Crippen LogP contribution in [-0.2, 0) is 0 Å². The van der Waals surface area contributed by atoms with Gasteiger partial charge in [0, 0.05) is 10.8 Å². The summed E-state index contributed by atoms with van der Waals surface area (Å²) in [6, 6.07) is 10.5. The maximum absolute atomic E-state index is 4.30. The third-order valence-electron chi connectivity index (χ3n) is 2.00.